The fourth-order valence-corrected chi connectivity index (χ4v) is 10.7. The summed E-state index contributed by atoms with van der Waals surface area (Å²) in [5.41, 5.74) is -0.393. The Bertz CT molecular complexity index is 955. The van der Waals surface area contributed by atoms with Gasteiger partial charge >= 0.3 is 5.97 Å². The highest BCUT2D eigenvalue weighted by atomic mass is 16.6. The van der Waals surface area contributed by atoms with Crippen LogP contribution in [0.3, 0.4) is 0 Å². The highest BCUT2D eigenvalue weighted by molar-refractivity contribution is 5.82. The van der Waals surface area contributed by atoms with Crippen LogP contribution in [0.1, 0.15) is 79.6 Å². The van der Waals surface area contributed by atoms with E-state index in [0.29, 0.717) is 18.3 Å². The van der Waals surface area contributed by atoms with E-state index in [1.807, 2.05) is 0 Å². The van der Waals surface area contributed by atoms with Gasteiger partial charge in [0.1, 0.15) is 11.7 Å². The summed E-state index contributed by atoms with van der Waals surface area (Å²) in [6.45, 7) is 16.1. The average molecular weight is 455 g/mol. The molecule has 4 heteroatoms. The smallest absolute Gasteiger partial charge is 0.313 e. The molecule has 5 fully saturated rings. The van der Waals surface area contributed by atoms with Crippen LogP contribution in [0.25, 0.3) is 0 Å². The third kappa shape index (κ3) is 2.21. The highest BCUT2D eigenvalue weighted by Crippen LogP contribution is 2.78. The van der Waals surface area contributed by atoms with Crippen LogP contribution in [0.2, 0.25) is 0 Å². The van der Waals surface area contributed by atoms with Crippen LogP contribution in [-0.4, -0.2) is 34.0 Å². The number of hydrogen-bond acceptors (Lipinski definition) is 4. The molecule has 6 rings (SSSR count). The third-order valence-corrected chi connectivity index (χ3v) is 12.9. The molecule has 1 heterocycles. The summed E-state index contributed by atoms with van der Waals surface area (Å²) in [6, 6.07) is 0. The van der Waals surface area contributed by atoms with Crippen molar-refractivity contribution in [2.24, 2.45) is 51.2 Å². The van der Waals surface area contributed by atoms with Crippen LogP contribution in [0.5, 0.6) is 0 Å². The molecule has 12 unspecified atom stereocenters. The Morgan fingerprint density at radius 3 is 2.52 bits per heavy atom. The first-order valence-electron chi connectivity index (χ1n) is 13.4. The second-order valence-corrected chi connectivity index (χ2v) is 13.7. The van der Waals surface area contributed by atoms with Crippen LogP contribution in [-0.2, 0) is 9.53 Å². The predicted octanol–water partition coefficient (Wildman–Crippen LogP) is 5.04. The molecule has 1 spiro atoms. The van der Waals surface area contributed by atoms with Gasteiger partial charge in [0.15, 0.2) is 0 Å². The molecule has 0 radical (unpaired) electrons. The maximum Gasteiger partial charge on any atom is 0.313 e. The molecule has 2 bridgehead atoms. The largest absolute Gasteiger partial charge is 0.453 e. The topological polar surface area (TPSA) is 66.8 Å². The minimum atomic E-state index is -0.822. The van der Waals surface area contributed by atoms with Crippen molar-refractivity contribution in [3.05, 3.63) is 24.3 Å². The molecule has 6 aliphatic rings. The number of ether oxygens (including phenoxy) is 1. The molecule has 1 aliphatic heterocycles. The molecule has 182 valence electrons. The van der Waals surface area contributed by atoms with Crippen molar-refractivity contribution in [1.82, 2.24) is 0 Å². The molecule has 0 aromatic rings. The molecule has 2 N–H and O–H groups in total. The van der Waals surface area contributed by atoms with Gasteiger partial charge in [-0.2, -0.15) is 0 Å². The monoisotopic (exact) mass is 454 g/mol. The van der Waals surface area contributed by atoms with Gasteiger partial charge in [-0.15, -0.1) is 0 Å². The summed E-state index contributed by atoms with van der Waals surface area (Å²) in [4.78, 5) is 13.6. The maximum absolute atomic E-state index is 13.6. The first kappa shape index (κ1) is 22.3. The van der Waals surface area contributed by atoms with Gasteiger partial charge in [-0.05, 0) is 91.1 Å². The van der Waals surface area contributed by atoms with Crippen molar-refractivity contribution in [3.63, 3.8) is 0 Å². The number of carbonyl (C=O) groups is 1. The van der Waals surface area contributed by atoms with Crippen LogP contribution in [0, 0.1) is 51.2 Å². The fraction of sp³-hybridized carbons (Fsp3) is 0.828. The molecule has 0 aromatic heterocycles. The Kier molecular flexibility index (Phi) is 4.30. The van der Waals surface area contributed by atoms with Crippen molar-refractivity contribution in [2.45, 2.75) is 97.4 Å². The summed E-state index contributed by atoms with van der Waals surface area (Å²) in [5, 5.41) is 21.3. The summed E-state index contributed by atoms with van der Waals surface area (Å²) >= 11 is 0. The molecule has 5 aliphatic carbocycles. The highest BCUT2D eigenvalue weighted by Gasteiger charge is 2.80. The van der Waals surface area contributed by atoms with Gasteiger partial charge < -0.3 is 14.9 Å². The first-order chi connectivity index (χ1) is 15.4. The molecular formula is C29H42O4. The van der Waals surface area contributed by atoms with E-state index in [4.69, 9.17) is 4.74 Å². The zero-order chi connectivity index (χ0) is 23.8. The van der Waals surface area contributed by atoms with E-state index in [1.165, 1.54) is 0 Å². The molecule has 12 atom stereocenters. The van der Waals surface area contributed by atoms with Gasteiger partial charge in [-0.3, -0.25) is 4.79 Å². The van der Waals surface area contributed by atoms with Crippen LogP contribution < -0.4 is 0 Å². The number of aliphatic hydroxyl groups excluding tert-OH is 2. The van der Waals surface area contributed by atoms with E-state index >= 15 is 0 Å². The summed E-state index contributed by atoms with van der Waals surface area (Å²) < 4.78 is 6.65. The summed E-state index contributed by atoms with van der Waals surface area (Å²) in [5.74, 6) is 1.81. The fourth-order valence-electron chi connectivity index (χ4n) is 10.7. The van der Waals surface area contributed by atoms with Gasteiger partial charge in [0.25, 0.3) is 0 Å². The Labute approximate surface area is 198 Å². The number of fused-ring (bicyclic) bond motifs is 4. The van der Waals surface area contributed by atoms with Gasteiger partial charge in [-0.25, -0.2) is 0 Å². The van der Waals surface area contributed by atoms with Crippen molar-refractivity contribution in [1.29, 1.82) is 0 Å². The van der Waals surface area contributed by atoms with Gasteiger partial charge in [0.05, 0.1) is 11.5 Å². The zero-order valence-electron chi connectivity index (χ0n) is 21.1. The van der Waals surface area contributed by atoms with Crippen molar-refractivity contribution in [3.8, 4) is 0 Å². The van der Waals surface area contributed by atoms with Crippen LogP contribution >= 0.6 is 0 Å². The van der Waals surface area contributed by atoms with Crippen LogP contribution in [0.4, 0.5) is 0 Å². The SMILES string of the molecule is C=C1C(O)C(O)CC2(C)C1CCC1(C)C2C=CC23OC(=O)C4(CCC(C)C(C)C42)CCC13C. The van der Waals surface area contributed by atoms with Gasteiger partial charge in [0, 0.05) is 11.3 Å². The van der Waals surface area contributed by atoms with Crippen molar-refractivity contribution >= 4 is 5.97 Å². The second kappa shape index (κ2) is 6.35. The maximum atomic E-state index is 13.6. The van der Waals surface area contributed by atoms with Crippen LogP contribution in [0.15, 0.2) is 24.3 Å². The predicted molar refractivity (Wildman–Crippen MR) is 127 cm³/mol. The number of rotatable bonds is 0. The second-order valence-electron chi connectivity index (χ2n) is 13.7. The Morgan fingerprint density at radius 2 is 1.79 bits per heavy atom. The molecule has 1 saturated heterocycles. The summed E-state index contributed by atoms with van der Waals surface area (Å²) in [7, 11) is 0. The molecule has 4 nitrogen and oxygen atoms in total. The van der Waals surface area contributed by atoms with Gasteiger partial charge in [-0.1, -0.05) is 47.3 Å². The van der Waals surface area contributed by atoms with E-state index in [1.54, 1.807) is 0 Å². The Morgan fingerprint density at radius 1 is 1.06 bits per heavy atom. The molecule has 33 heavy (non-hydrogen) atoms. The first-order valence-corrected chi connectivity index (χ1v) is 13.4. The van der Waals surface area contributed by atoms with E-state index in [2.05, 4.69) is 53.3 Å². The third-order valence-electron chi connectivity index (χ3n) is 12.9. The Balaban J connectivity index is 1.52. The van der Waals surface area contributed by atoms with E-state index in [-0.39, 0.29) is 45.4 Å². The number of aliphatic hydroxyl groups is 2. The number of carbonyl (C=O) groups excluding carboxylic acids is 1. The average Bonchev–Trinajstić information content (AvgIpc) is 2.95. The lowest BCUT2D eigenvalue weighted by atomic mass is 9.33. The minimum absolute atomic E-state index is 0.0491. The van der Waals surface area contributed by atoms with Gasteiger partial charge in [0.2, 0.25) is 0 Å². The zero-order valence-corrected chi connectivity index (χ0v) is 21.1. The molecule has 4 saturated carbocycles. The van der Waals surface area contributed by atoms with Crippen molar-refractivity contribution < 1.29 is 19.7 Å². The van der Waals surface area contributed by atoms with E-state index in [9.17, 15) is 15.0 Å². The lowest BCUT2D eigenvalue weighted by Gasteiger charge is -2.71. The van der Waals surface area contributed by atoms with E-state index < -0.39 is 17.8 Å². The van der Waals surface area contributed by atoms with Crippen molar-refractivity contribution in [2.75, 3.05) is 0 Å². The minimum Gasteiger partial charge on any atom is -0.453 e. The number of esters is 1. The Hall–Kier alpha value is -1.13. The normalized spacial score (nSPS) is 61.5. The van der Waals surface area contributed by atoms with E-state index in [0.717, 1.165) is 44.1 Å². The lowest BCUT2D eigenvalue weighted by molar-refractivity contribution is -0.231. The lowest BCUT2D eigenvalue weighted by Crippen LogP contribution is -2.70. The standard InChI is InChI=1S/C29H42O4/c1-16-7-11-28-14-13-27(6)26(5)10-8-19-18(3)22(31)20(30)15-25(19,4)21(26)9-12-29(27,33-24(28)32)23(28)17(16)2/h9,12,16-17,19-23,30-31H,3,7-8,10-11,13-15H2,1-2,4-6H3. The quantitative estimate of drug-likeness (QED) is 0.397. The summed E-state index contributed by atoms with van der Waals surface area (Å²) in [6.07, 6.45) is 9.76. The molecule has 0 amide bonds. The number of allylic oxidation sites excluding steroid dienone is 1. The molecular weight excluding hydrogens is 412 g/mol. The number of hydrogen-bond donors (Lipinski definition) is 2. The molecule has 0 aromatic carbocycles.